The lowest BCUT2D eigenvalue weighted by atomic mass is 9.85. The Morgan fingerprint density at radius 1 is 1.05 bits per heavy atom. The van der Waals surface area contributed by atoms with Gasteiger partial charge in [0.15, 0.2) is 6.10 Å². The summed E-state index contributed by atoms with van der Waals surface area (Å²) in [5.74, 6) is 3.18. The molecule has 2 N–H and O–H groups in total. The maximum atomic E-state index is 10.2. The average molecular weight is 502 g/mol. The van der Waals surface area contributed by atoms with Gasteiger partial charge in [0, 0.05) is 35.4 Å². The molecule has 3 atom stereocenters. The van der Waals surface area contributed by atoms with Crippen molar-refractivity contribution in [2.45, 2.75) is 39.3 Å². The number of ether oxygens (including phenoxy) is 3. The second-order valence-electron chi connectivity index (χ2n) is 10.2. The summed E-state index contributed by atoms with van der Waals surface area (Å²) in [7, 11) is 1.65. The van der Waals surface area contributed by atoms with Crippen LogP contribution in [0.2, 0.25) is 0 Å². The van der Waals surface area contributed by atoms with E-state index in [0.29, 0.717) is 24.1 Å². The molecule has 3 aromatic rings. The molecule has 1 fully saturated rings. The Kier molecular flexibility index (Phi) is 7.02. The summed E-state index contributed by atoms with van der Waals surface area (Å²) >= 11 is 0. The predicted octanol–water partition coefficient (Wildman–Crippen LogP) is 6.28. The molecule has 37 heavy (non-hydrogen) atoms. The highest BCUT2D eigenvalue weighted by Crippen LogP contribution is 2.49. The minimum atomic E-state index is -0.479. The zero-order valence-corrected chi connectivity index (χ0v) is 21.9. The molecule has 6 nitrogen and oxygen atoms in total. The number of phenols is 2. The Labute approximate surface area is 218 Å². The minimum Gasteiger partial charge on any atom is -0.508 e. The minimum absolute atomic E-state index is 0.173. The van der Waals surface area contributed by atoms with Crippen molar-refractivity contribution in [3.8, 4) is 28.7 Å². The number of hydrogen-bond donors (Lipinski definition) is 2. The lowest BCUT2D eigenvalue weighted by Crippen LogP contribution is -2.35. The zero-order valence-electron chi connectivity index (χ0n) is 21.9. The fourth-order valence-electron chi connectivity index (χ4n) is 5.39. The highest BCUT2D eigenvalue weighted by atomic mass is 16.5. The lowest BCUT2D eigenvalue weighted by Gasteiger charge is -2.32. The number of phenolic OH excluding ortho intramolecular Hbond substituents is 2. The van der Waals surface area contributed by atoms with Crippen molar-refractivity contribution in [3.05, 3.63) is 77.4 Å². The quantitative estimate of drug-likeness (QED) is 0.397. The largest absolute Gasteiger partial charge is 0.508 e. The Bertz CT molecular complexity index is 1320. The molecule has 2 aliphatic heterocycles. The van der Waals surface area contributed by atoms with E-state index in [2.05, 4.69) is 18.7 Å². The molecule has 0 amide bonds. The molecule has 0 spiro atoms. The average Bonchev–Trinajstić information content (AvgIpc) is 3.33. The third kappa shape index (κ3) is 5.12. The summed E-state index contributed by atoms with van der Waals surface area (Å²) in [4.78, 5) is 2.48. The molecule has 5 rings (SSSR count). The van der Waals surface area contributed by atoms with Gasteiger partial charge in [0.2, 0.25) is 0 Å². The van der Waals surface area contributed by atoms with Crippen LogP contribution < -0.4 is 14.2 Å². The highest BCUT2D eigenvalue weighted by Gasteiger charge is 2.32. The van der Waals surface area contributed by atoms with Gasteiger partial charge < -0.3 is 24.4 Å². The van der Waals surface area contributed by atoms with Crippen molar-refractivity contribution in [3.63, 3.8) is 0 Å². The van der Waals surface area contributed by atoms with Gasteiger partial charge in [0.1, 0.15) is 35.4 Å². The third-order valence-electron chi connectivity index (χ3n) is 7.49. The molecule has 6 heteroatoms. The summed E-state index contributed by atoms with van der Waals surface area (Å²) in [5, 5.41) is 20.3. The van der Waals surface area contributed by atoms with E-state index in [-0.39, 0.29) is 11.5 Å². The van der Waals surface area contributed by atoms with Crippen LogP contribution in [0.1, 0.15) is 50.0 Å². The summed E-state index contributed by atoms with van der Waals surface area (Å²) in [5.41, 5.74) is 4.38. The SMILES string of the molecule is COc1cc(OC[C@H](C)N2CC[C@@H](C)C2)ccc1C1Oc2ccc(O)cc2C(C)=C1c1cccc(O)c1. The molecule has 2 aliphatic rings. The topological polar surface area (TPSA) is 71.4 Å². The van der Waals surface area contributed by atoms with Gasteiger partial charge >= 0.3 is 0 Å². The van der Waals surface area contributed by atoms with Crippen molar-refractivity contribution >= 4 is 11.1 Å². The Morgan fingerprint density at radius 3 is 2.59 bits per heavy atom. The summed E-state index contributed by atoms with van der Waals surface area (Å²) in [6.07, 6.45) is 0.763. The molecular formula is C31H35NO5. The maximum Gasteiger partial charge on any atom is 0.153 e. The first kappa shape index (κ1) is 25.0. The van der Waals surface area contributed by atoms with Gasteiger partial charge in [0.05, 0.1) is 7.11 Å². The standard InChI is InChI=1S/C31H35NO5/c1-19-12-13-32(17-19)20(2)18-36-25-9-10-26(29(16-25)35-4)31-30(22-6-5-7-23(33)14-22)21(3)27-15-24(34)8-11-28(27)37-31/h5-11,14-16,19-20,31,33-34H,12-13,17-18H2,1-4H3/t19-,20+,31?/m1/s1. The molecule has 0 aliphatic carbocycles. The maximum absolute atomic E-state index is 10.2. The van der Waals surface area contributed by atoms with Crippen LogP contribution in [0.15, 0.2) is 60.7 Å². The zero-order chi connectivity index (χ0) is 26.1. The number of fused-ring (bicyclic) bond motifs is 1. The normalized spacial score (nSPS) is 20.3. The van der Waals surface area contributed by atoms with Crippen molar-refractivity contribution in [2.75, 3.05) is 26.8 Å². The smallest absolute Gasteiger partial charge is 0.153 e. The first-order chi connectivity index (χ1) is 17.8. The monoisotopic (exact) mass is 501 g/mol. The van der Waals surface area contributed by atoms with Crippen LogP contribution in [0.4, 0.5) is 0 Å². The van der Waals surface area contributed by atoms with Crippen molar-refractivity contribution in [1.29, 1.82) is 0 Å². The number of hydrogen-bond acceptors (Lipinski definition) is 6. The number of nitrogens with zero attached hydrogens (tertiary/aromatic N) is 1. The summed E-state index contributed by atoms with van der Waals surface area (Å²) in [6.45, 7) is 9.37. The molecule has 1 unspecified atom stereocenters. The van der Waals surface area contributed by atoms with Gasteiger partial charge in [-0.25, -0.2) is 0 Å². The fourth-order valence-corrected chi connectivity index (χ4v) is 5.39. The number of aromatic hydroxyl groups is 2. The van der Waals surface area contributed by atoms with Crippen molar-refractivity contribution in [1.82, 2.24) is 4.90 Å². The first-order valence-corrected chi connectivity index (χ1v) is 12.9. The van der Waals surface area contributed by atoms with Crippen molar-refractivity contribution < 1.29 is 24.4 Å². The van der Waals surface area contributed by atoms with E-state index in [9.17, 15) is 10.2 Å². The van der Waals surface area contributed by atoms with Crippen LogP contribution in [-0.2, 0) is 0 Å². The van der Waals surface area contributed by atoms with E-state index in [0.717, 1.165) is 52.6 Å². The number of likely N-dealkylation sites (tertiary alicyclic amines) is 1. The molecule has 2 heterocycles. The van der Waals surface area contributed by atoms with Crippen LogP contribution in [0.25, 0.3) is 11.1 Å². The molecular weight excluding hydrogens is 466 g/mol. The highest BCUT2D eigenvalue weighted by molar-refractivity contribution is 5.96. The van der Waals surface area contributed by atoms with E-state index in [1.807, 2.05) is 37.3 Å². The first-order valence-electron chi connectivity index (χ1n) is 12.9. The van der Waals surface area contributed by atoms with Crippen LogP contribution in [0.5, 0.6) is 28.7 Å². The number of rotatable bonds is 7. The van der Waals surface area contributed by atoms with E-state index in [4.69, 9.17) is 14.2 Å². The summed E-state index contributed by atoms with van der Waals surface area (Å²) in [6, 6.07) is 18.5. The Balaban J connectivity index is 1.48. The van der Waals surface area contributed by atoms with Gasteiger partial charge in [-0.05, 0) is 86.3 Å². The molecule has 194 valence electrons. The van der Waals surface area contributed by atoms with Crippen LogP contribution >= 0.6 is 0 Å². The second-order valence-corrected chi connectivity index (χ2v) is 10.2. The molecule has 1 saturated heterocycles. The lowest BCUT2D eigenvalue weighted by molar-refractivity contribution is 0.168. The van der Waals surface area contributed by atoms with E-state index < -0.39 is 6.10 Å². The number of methoxy groups -OCH3 is 1. The molecule has 0 saturated carbocycles. The summed E-state index contributed by atoms with van der Waals surface area (Å²) < 4.78 is 18.5. The number of benzene rings is 3. The van der Waals surface area contributed by atoms with E-state index >= 15 is 0 Å². The van der Waals surface area contributed by atoms with Crippen LogP contribution in [0.3, 0.4) is 0 Å². The van der Waals surface area contributed by atoms with E-state index in [1.54, 1.807) is 37.4 Å². The Morgan fingerprint density at radius 2 is 1.86 bits per heavy atom. The molecule has 0 radical (unpaired) electrons. The fraction of sp³-hybridized carbons (Fsp3) is 0.355. The molecule has 3 aromatic carbocycles. The van der Waals surface area contributed by atoms with Crippen LogP contribution in [0, 0.1) is 5.92 Å². The number of allylic oxidation sites excluding steroid dienone is 1. The predicted molar refractivity (Wildman–Crippen MR) is 145 cm³/mol. The van der Waals surface area contributed by atoms with Gasteiger partial charge in [0.25, 0.3) is 0 Å². The van der Waals surface area contributed by atoms with E-state index in [1.165, 1.54) is 6.42 Å². The van der Waals surface area contributed by atoms with Gasteiger partial charge in [-0.3, -0.25) is 4.90 Å². The van der Waals surface area contributed by atoms with Gasteiger partial charge in [-0.1, -0.05) is 19.1 Å². The van der Waals surface area contributed by atoms with Gasteiger partial charge in [-0.2, -0.15) is 0 Å². The third-order valence-corrected chi connectivity index (χ3v) is 7.49. The van der Waals surface area contributed by atoms with Crippen molar-refractivity contribution in [2.24, 2.45) is 5.92 Å². The Hall–Kier alpha value is -3.64. The van der Waals surface area contributed by atoms with Crippen LogP contribution in [-0.4, -0.2) is 48.0 Å². The molecule has 0 aromatic heterocycles. The van der Waals surface area contributed by atoms with Gasteiger partial charge in [-0.15, -0.1) is 0 Å². The molecule has 0 bridgehead atoms. The second kappa shape index (κ2) is 10.4.